The molecule has 108 valence electrons. The maximum atomic E-state index is 12.0. The van der Waals surface area contributed by atoms with E-state index in [0.29, 0.717) is 18.0 Å². The molecule has 2 N–H and O–H groups in total. The lowest BCUT2D eigenvalue weighted by atomic mass is 10.3. The molecule has 0 saturated heterocycles. The molecule has 2 rings (SSSR count). The second kappa shape index (κ2) is 6.99. The van der Waals surface area contributed by atoms with E-state index in [1.807, 2.05) is 11.4 Å². The van der Waals surface area contributed by atoms with E-state index in [0.717, 1.165) is 0 Å². The summed E-state index contributed by atoms with van der Waals surface area (Å²) in [6, 6.07) is 12.7. The van der Waals surface area contributed by atoms with Crippen LogP contribution in [0, 0.1) is 0 Å². The number of sulfonamides is 1. The van der Waals surface area contributed by atoms with E-state index in [-0.39, 0.29) is 6.04 Å². The summed E-state index contributed by atoms with van der Waals surface area (Å²) in [7, 11) is -3.40. The van der Waals surface area contributed by atoms with Gasteiger partial charge in [0, 0.05) is 24.0 Å². The Morgan fingerprint density at radius 1 is 1.10 bits per heavy atom. The van der Waals surface area contributed by atoms with Crippen LogP contribution in [0.15, 0.2) is 52.7 Å². The SMILES string of the molecule is C[C@H](NCCNS(=O)(=O)c1ccccc1)c1cccs1. The molecule has 2 aromatic rings. The van der Waals surface area contributed by atoms with Gasteiger partial charge in [-0.15, -0.1) is 11.3 Å². The van der Waals surface area contributed by atoms with Crippen LogP contribution in [0.5, 0.6) is 0 Å². The van der Waals surface area contributed by atoms with Gasteiger partial charge < -0.3 is 5.32 Å². The molecule has 0 aliphatic carbocycles. The molecule has 4 nitrogen and oxygen atoms in total. The fraction of sp³-hybridized carbons (Fsp3) is 0.286. The summed E-state index contributed by atoms with van der Waals surface area (Å²) in [5.74, 6) is 0. The zero-order valence-electron chi connectivity index (χ0n) is 11.2. The number of benzene rings is 1. The second-order valence-electron chi connectivity index (χ2n) is 4.40. The Labute approximate surface area is 123 Å². The number of thiophene rings is 1. The lowest BCUT2D eigenvalue weighted by molar-refractivity contribution is 0.557. The molecule has 0 fully saturated rings. The molecule has 0 unspecified atom stereocenters. The standard InChI is InChI=1S/C14H18N2O2S2/c1-12(14-8-5-11-19-14)15-9-10-16-20(17,18)13-6-3-2-4-7-13/h2-8,11-12,15-16H,9-10H2,1H3/t12-/m0/s1. The maximum absolute atomic E-state index is 12.0. The third kappa shape index (κ3) is 4.14. The monoisotopic (exact) mass is 310 g/mol. The van der Waals surface area contributed by atoms with E-state index in [1.54, 1.807) is 41.7 Å². The summed E-state index contributed by atoms with van der Waals surface area (Å²) in [6.45, 7) is 3.02. The molecule has 1 heterocycles. The predicted molar refractivity (Wildman–Crippen MR) is 82.4 cm³/mol. The van der Waals surface area contributed by atoms with E-state index in [4.69, 9.17) is 0 Å². The molecule has 0 bridgehead atoms. The number of nitrogens with one attached hydrogen (secondary N) is 2. The molecule has 6 heteroatoms. The maximum Gasteiger partial charge on any atom is 0.240 e. The molecule has 20 heavy (non-hydrogen) atoms. The highest BCUT2D eigenvalue weighted by molar-refractivity contribution is 7.89. The molecule has 1 aromatic heterocycles. The Morgan fingerprint density at radius 2 is 1.85 bits per heavy atom. The van der Waals surface area contributed by atoms with Crippen molar-refractivity contribution in [3.8, 4) is 0 Å². The lowest BCUT2D eigenvalue weighted by Gasteiger charge is -2.12. The van der Waals surface area contributed by atoms with Gasteiger partial charge in [0.25, 0.3) is 0 Å². The van der Waals surface area contributed by atoms with Gasteiger partial charge in [-0.05, 0) is 30.5 Å². The van der Waals surface area contributed by atoms with Crippen LogP contribution in [0.1, 0.15) is 17.8 Å². The first-order valence-electron chi connectivity index (χ1n) is 6.41. The van der Waals surface area contributed by atoms with E-state index < -0.39 is 10.0 Å². The molecular weight excluding hydrogens is 292 g/mol. The molecule has 0 spiro atoms. The average Bonchev–Trinajstić information content (AvgIpc) is 2.98. The molecular formula is C14H18N2O2S2. The third-order valence-electron chi connectivity index (χ3n) is 2.89. The normalized spacial score (nSPS) is 13.2. The van der Waals surface area contributed by atoms with Gasteiger partial charge in [-0.1, -0.05) is 24.3 Å². The Morgan fingerprint density at radius 3 is 2.50 bits per heavy atom. The van der Waals surface area contributed by atoms with Gasteiger partial charge in [0.1, 0.15) is 0 Å². The van der Waals surface area contributed by atoms with E-state index in [1.165, 1.54) is 4.88 Å². The average molecular weight is 310 g/mol. The van der Waals surface area contributed by atoms with Gasteiger partial charge in [0.05, 0.1) is 4.90 Å². The van der Waals surface area contributed by atoms with Gasteiger partial charge in [-0.25, -0.2) is 13.1 Å². The molecule has 0 saturated carbocycles. The van der Waals surface area contributed by atoms with Crippen molar-refractivity contribution in [2.45, 2.75) is 17.9 Å². The van der Waals surface area contributed by atoms with Crippen LogP contribution in [0.3, 0.4) is 0 Å². The molecule has 0 aliphatic heterocycles. The highest BCUT2D eigenvalue weighted by Gasteiger charge is 2.12. The quantitative estimate of drug-likeness (QED) is 0.772. The van der Waals surface area contributed by atoms with Crippen molar-refractivity contribution in [3.05, 3.63) is 52.7 Å². The van der Waals surface area contributed by atoms with Gasteiger partial charge in [-0.2, -0.15) is 0 Å². The first kappa shape index (κ1) is 15.2. The van der Waals surface area contributed by atoms with Crippen molar-refractivity contribution in [2.24, 2.45) is 0 Å². The second-order valence-corrected chi connectivity index (χ2v) is 7.15. The highest BCUT2D eigenvalue weighted by atomic mass is 32.2. The summed E-state index contributed by atoms with van der Waals surface area (Å²) in [5, 5.41) is 5.33. The summed E-state index contributed by atoms with van der Waals surface area (Å²) in [4.78, 5) is 1.54. The molecule has 1 atom stereocenters. The third-order valence-corrected chi connectivity index (χ3v) is 5.42. The molecule has 0 amide bonds. The zero-order valence-corrected chi connectivity index (χ0v) is 12.9. The van der Waals surface area contributed by atoms with E-state index >= 15 is 0 Å². The molecule has 0 aliphatic rings. The predicted octanol–water partition coefficient (Wildman–Crippen LogP) is 2.38. The minimum absolute atomic E-state index is 0.233. The van der Waals surface area contributed by atoms with Gasteiger partial charge in [0.2, 0.25) is 10.0 Å². The number of rotatable bonds is 7. The van der Waals surface area contributed by atoms with Gasteiger partial charge in [-0.3, -0.25) is 0 Å². The minimum Gasteiger partial charge on any atom is -0.308 e. The van der Waals surface area contributed by atoms with Gasteiger partial charge in [0.15, 0.2) is 0 Å². The zero-order chi connectivity index (χ0) is 14.4. The Bertz CT molecular complexity index is 610. The van der Waals surface area contributed by atoms with E-state index in [9.17, 15) is 8.42 Å². The van der Waals surface area contributed by atoms with Crippen molar-refractivity contribution in [1.82, 2.24) is 10.0 Å². The van der Waals surface area contributed by atoms with Crippen LogP contribution >= 0.6 is 11.3 Å². The summed E-state index contributed by atoms with van der Waals surface area (Å²) in [6.07, 6.45) is 0. The fourth-order valence-electron chi connectivity index (χ4n) is 1.80. The van der Waals surface area contributed by atoms with Crippen molar-refractivity contribution >= 4 is 21.4 Å². The largest absolute Gasteiger partial charge is 0.308 e. The Hall–Kier alpha value is -1.21. The number of hydrogen-bond donors (Lipinski definition) is 2. The van der Waals surface area contributed by atoms with Crippen molar-refractivity contribution < 1.29 is 8.42 Å². The first-order valence-corrected chi connectivity index (χ1v) is 8.77. The van der Waals surface area contributed by atoms with Crippen LogP contribution in [0.4, 0.5) is 0 Å². The van der Waals surface area contributed by atoms with Crippen LogP contribution in [0.2, 0.25) is 0 Å². The first-order chi connectivity index (χ1) is 9.59. The van der Waals surface area contributed by atoms with Crippen LogP contribution in [-0.2, 0) is 10.0 Å². The number of hydrogen-bond acceptors (Lipinski definition) is 4. The van der Waals surface area contributed by atoms with Crippen LogP contribution < -0.4 is 10.0 Å². The van der Waals surface area contributed by atoms with Crippen molar-refractivity contribution in [2.75, 3.05) is 13.1 Å². The topological polar surface area (TPSA) is 58.2 Å². The Balaban J connectivity index is 1.79. The summed E-state index contributed by atoms with van der Waals surface area (Å²) < 4.78 is 26.5. The molecule has 1 aromatic carbocycles. The molecule has 0 radical (unpaired) electrons. The summed E-state index contributed by atoms with van der Waals surface area (Å²) in [5.41, 5.74) is 0. The Kier molecular flexibility index (Phi) is 5.31. The van der Waals surface area contributed by atoms with Gasteiger partial charge >= 0.3 is 0 Å². The van der Waals surface area contributed by atoms with E-state index in [2.05, 4.69) is 23.0 Å². The van der Waals surface area contributed by atoms with Crippen molar-refractivity contribution in [1.29, 1.82) is 0 Å². The lowest BCUT2D eigenvalue weighted by Crippen LogP contribution is -2.32. The fourth-order valence-corrected chi connectivity index (χ4v) is 3.61. The summed E-state index contributed by atoms with van der Waals surface area (Å²) >= 11 is 1.69. The van der Waals surface area contributed by atoms with Crippen LogP contribution in [0.25, 0.3) is 0 Å². The smallest absolute Gasteiger partial charge is 0.240 e. The van der Waals surface area contributed by atoms with Crippen LogP contribution in [-0.4, -0.2) is 21.5 Å². The van der Waals surface area contributed by atoms with Crippen molar-refractivity contribution in [3.63, 3.8) is 0 Å². The minimum atomic E-state index is -3.40. The highest BCUT2D eigenvalue weighted by Crippen LogP contribution is 2.17.